The molecule has 0 spiro atoms. The van der Waals surface area contributed by atoms with Crippen molar-refractivity contribution in [3.63, 3.8) is 0 Å². The molecule has 2 atom stereocenters. The monoisotopic (exact) mass is 202 g/mol. The molecule has 1 saturated heterocycles. The topological polar surface area (TPSA) is 55.7 Å². The molecule has 0 radical (unpaired) electrons. The number of likely N-dealkylation sites (N-methyl/N-ethyl adjacent to an activating group) is 1. The Bertz CT molecular complexity index is 174. The van der Waals surface area contributed by atoms with Crippen LogP contribution in [0, 0.1) is 0 Å². The molecule has 1 fully saturated rings. The Morgan fingerprint density at radius 3 is 2.86 bits per heavy atom. The molecular weight excluding hydrogens is 180 g/mol. The highest BCUT2D eigenvalue weighted by atomic mass is 16.3. The van der Waals surface area contributed by atoms with Crippen LogP contribution in [0.25, 0.3) is 0 Å². The average Bonchev–Trinajstić information content (AvgIpc) is 2.15. The van der Waals surface area contributed by atoms with Crippen LogP contribution in [0.3, 0.4) is 0 Å². The lowest BCUT2D eigenvalue weighted by Gasteiger charge is -2.32. The van der Waals surface area contributed by atoms with Gasteiger partial charge in [0.25, 0.3) is 0 Å². The molecule has 0 bridgehead atoms. The molecule has 14 heavy (non-hydrogen) atoms. The number of nitrogens with zero attached hydrogens (tertiary/aromatic N) is 1. The lowest BCUT2D eigenvalue weighted by atomic mass is 10.0. The summed E-state index contributed by atoms with van der Waals surface area (Å²) in [5, 5.41) is 21.8. The Morgan fingerprint density at radius 1 is 1.57 bits per heavy atom. The molecular formula is C10H22N2O2. The highest BCUT2D eigenvalue weighted by Crippen LogP contribution is 2.09. The number of nitrogens with one attached hydrogen (secondary N) is 1. The minimum absolute atomic E-state index is 0.192. The zero-order chi connectivity index (χ0) is 10.6. The van der Waals surface area contributed by atoms with Crippen LogP contribution in [-0.2, 0) is 0 Å². The summed E-state index contributed by atoms with van der Waals surface area (Å²) in [4.78, 5) is 2.29. The first-order valence-corrected chi connectivity index (χ1v) is 5.29. The highest BCUT2D eigenvalue weighted by molar-refractivity contribution is 4.81. The van der Waals surface area contributed by atoms with Crippen LogP contribution in [0.4, 0.5) is 0 Å². The van der Waals surface area contributed by atoms with Gasteiger partial charge in [-0.05, 0) is 33.4 Å². The fraction of sp³-hybridized carbons (Fsp3) is 1.00. The lowest BCUT2D eigenvalue weighted by molar-refractivity contribution is -0.000980. The number of likely N-dealkylation sites (tertiary alicyclic amines) is 1. The normalized spacial score (nSPS) is 28.7. The second-order valence-electron chi connectivity index (χ2n) is 4.64. The van der Waals surface area contributed by atoms with E-state index >= 15 is 0 Å². The van der Waals surface area contributed by atoms with Gasteiger partial charge in [-0.2, -0.15) is 0 Å². The molecule has 1 aliphatic rings. The average molecular weight is 202 g/mol. The van der Waals surface area contributed by atoms with Gasteiger partial charge in [0.05, 0.1) is 12.2 Å². The molecule has 0 aromatic rings. The summed E-state index contributed by atoms with van der Waals surface area (Å²) >= 11 is 0. The summed E-state index contributed by atoms with van der Waals surface area (Å²) in [5.74, 6) is 0. The third-order valence-electron chi connectivity index (χ3n) is 2.74. The van der Waals surface area contributed by atoms with Gasteiger partial charge in [-0.3, -0.25) is 0 Å². The zero-order valence-electron chi connectivity index (χ0n) is 9.16. The molecule has 0 aliphatic carbocycles. The Labute approximate surface area is 85.9 Å². The number of rotatable bonds is 4. The fourth-order valence-corrected chi connectivity index (χ4v) is 1.75. The third-order valence-corrected chi connectivity index (χ3v) is 2.74. The summed E-state index contributed by atoms with van der Waals surface area (Å²) in [7, 11) is 2.11. The second-order valence-corrected chi connectivity index (χ2v) is 4.64. The first kappa shape index (κ1) is 11.9. The van der Waals surface area contributed by atoms with Crippen molar-refractivity contribution >= 4 is 0 Å². The molecule has 4 nitrogen and oxygen atoms in total. The van der Waals surface area contributed by atoms with Crippen molar-refractivity contribution in [1.29, 1.82) is 0 Å². The summed E-state index contributed by atoms with van der Waals surface area (Å²) in [6, 6.07) is 0.451. The first-order valence-electron chi connectivity index (χ1n) is 5.29. The molecule has 0 aromatic heterocycles. The number of hydrogen-bond donors (Lipinski definition) is 3. The first-order chi connectivity index (χ1) is 6.53. The van der Waals surface area contributed by atoms with E-state index in [1.807, 2.05) is 0 Å². The van der Waals surface area contributed by atoms with Crippen molar-refractivity contribution < 1.29 is 10.2 Å². The van der Waals surface area contributed by atoms with E-state index in [4.69, 9.17) is 5.11 Å². The molecule has 0 aromatic carbocycles. The molecule has 4 heteroatoms. The SMILES string of the molecule is CN1CCCC(NCC(C)(O)CO)C1. The molecule has 0 saturated carbocycles. The Hall–Kier alpha value is -0.160. The van der Waals surface area contributed by atoms with Crippen LogP contribution in [0.15, 0.2) is 0 Å². The fourth-order valence-electron chi connectivity index (χ4n) is 1.75. The van der Waals surface area contributed by atoms with E-state index < -0.39 is 5.60 Å². The standard InChI is InChI=1S/C10H22N2O2/c1-10(14,8-13)7-11-9-4-3-5-12(2)6-9/h9,11,13-14H,3-8H2,1-2H3. The number of piperidine rings is 1. The van der Waals surface area contributed by atoms with Crippen molar-refractivity contribution in [2.24, 2.45) is 0 Å². The summed E-state index contributed by atoms with van der Waals surface area (Å²) < 4.78 is 0. The molecule has 1 heterocycles. The van der Waals surface area contributed by atoms with Gasteiger partial charge < -0.3 is 20.4 Å². The minimum atomic E-state index is -0.990. The number of aliphatic hydroxyl groups excluding tert-OH is 1. The van der Waals surface area contributed by atoms with Crippen LogP contribution in [0.2, 0.25) is 0 Å². The predicted octanol–water partition coefficient (Wildman–Crippen LogP) is -0.586. The van der Waals surface area contributed by atoms with E-state index in [1.54, 1.807) is 6.92 Å². The molecule has 1 rings (SSSR count). The van der Waals surface area contributed by atoms with Crippen molar-refractivity contribution in [2.75, 3.05) is 33.3 Å². The Kier molecular flexibility index (Phi) is 4.31. The van der Waals surface area contributed by atoms with Gasteiger partial charge >= 0.3 is 0 Å². The quantitative estimate of drug-likeness (QED) is 0.570. The lowest BCUT2D eigenvalue weighted by Crippen LogP contribution is -2.50. The number of hydrogen-bond acceptors (Lipinski definition) is 4. The van der Waals surface area contributed by atoms with E-state index in [9.17, 15) is 5.11 Å². The van der Waals surface area contributed by atoms with Crippen LogP contribution in [-0.4, -0.2) is 60.0 Å². The van der Waals surface area contributed by atoms with Crippen molar-refractivity contribution in [2.45, 2.75) is 31.4 Å². The summed E-state index contributed by atoms with van der Waals surface area (Å²) in [6.45, 7) is 4.10. The summed E-state index contributed by atoms with van der Waals surface area (Å²) in [6.07, 6.45) is 2.36. The van der Waals surface area contributed by atoms with Gasteiger partial charge in [0, 0.05) is 19.1 Å². The van der Waals surface area contributed by atoms with Gasteiger partial charge in [0.15, 0.2) is 0 Å². The molecule has 0 amide bonds. The van der Waals surface area contributed by atoms with E-state index in [2.05, 4.69) is 17.3 Å². The van der Waals surface area contributed by atoms with Crippen molar-refractivity contribution in [3.8, 4) is 0 Å². The van der Waals surface area contributed by atoms with E-state index in [0.717, 1.165) is 19.5 Å². The van der Waals surface area contributed by atoms with Crippen molar-refractivity contribution in [1.82, 2.24) is 10.2 Å². The van der Waals surface area contributed by atoms with E-state index in [0.29, 0.717) is 12.6 Å². The maximum absolute atomic E-state index is 9.59. The third kappa shape index (κ3) is 3.92. The smallest absolute Gasteiger partial charge is 0.0972 e. The Morgan fingerprint density at radius 2 is 2.29 bits per heavy atom. The van der Waals surface area contributed by atoms with Crippen molar-refractivity contribution in [3.05, 3.63) is 0 Å². The minimum Gasteiger partial charge on any atom is -0.393 e. The van der Waals surface area contributed by atoms with Gasteiger partial charge in [0.2, 0.25) is 0 Å². The van der Waals surface area contributed by atoms with Gasteiger partial charge in [-0.25, -0.2) is 0 Å². The summed E-state index contributed by atoms with van der Waals surface area (Å²) in [5.41, 5.74) is -0.990. The zero-order valence-corrected chi connectivity index (χ0v) is 9.16. The largest absolute Gasteiger partial charge is 0.393 e. The Balaban J connectivity index is 2.23. The van der Waals surface area contributed by atoms with E-state index in [-0.39, 0.29) is 6.61 Å². The van der Waals surface area contributed by atoms with Crippen LogP contribution < -0.4 is 5.32 Å². The molecule has 3 N–H and O–H groups in total. The van der Waals surface area contributed by atoms with Crippen LogP contribution in [0.5, 0.6) is 0 Å². The maximum atomic E-state index is 9.59. The van der Waals surface area contributed by atoms with Crippen LogP contribution in [0.1, 0.15) is 19.8 Å². The van der Waals surface area contributed by atoms with Crippen LogP contribution >= 0.6 is 0 Å². The predicted molar refractivity (Wildman–Crippen MR) is 56.2 cm³/mol. The van der Waals surface area contributed by atoms with Gasteiger partial charge in [0.1, 0.15) is 0 Å². The highest BCUT2D eigenvalue weighted by Gasteiger charge is 2.22. The molecule has 84 valence electrons. The molecule has 2 unspecified atom stereocenters. The van der Waals surface area contributed by atoms with Gasteiger partial charge in [-0.1, -0.05) is 0 Å². The maximum Gasteiger partial charge on any atom is 0.0972 e. The molecule has 1 aliphatic heterocycles. The second kappa shape index (κ2) is 5.07. The number of aliphatic hydroxyl groups is 2. The van der Waals surface area contributed by atoms with Gasteiger partial charge in [-0.15, -0.1) is 0 Å². The van der Waals surface area contributed by atoms with E-state index in [1.165, 1.54) is 6.42 Å².